The Morgan fingerprint density at radius 3 is 2.91 bits per heavy atom. The molecule has 13 heteroatoms. The molecule has 2 aromatic heterocycles. The predicted molar refractivity (Wildman–Crippen MR) is 131 cm³/mol. The molecule has 1 aliphatic heterocycles. The van der Waals surface area contributed by atoms with Crippen molar-refractivity contribution in [1.29, 1.82) is 5.26 Å². The Hall–Kier alpha value is -3.37. The number of methoxy groups -OCH3 is 1. The molecule has 1 saturated heterocycles. The number of anilines is 2. The van der Waals surface area contributed by atoms with Crippen LogP contribution >= 0.6 is 23.1 Å². The third kappa shape index (κ3) is 6.80. The quantitative estimate of drug-likeness (QED) is 0.551. The number of nitrogens with zero attached hydrogens (tertiary/aromatic N) is 5. The van der Waals surface area contributed by atoms with E-state index in [-0.39, 0.29) is 22.0 Å². The number of aliphatic imine (C=N–C) groups is 1. The van der Waals surface area contributed by atoms with Gasteiger partial charge in [0.15, 0.2) is 5.76 Å². The molecule has 11 nitrogen and oxygen atoms in total. The van der Waals surface area contributed by atoms with Crippen molar-refractivity contribution in [1.82, 2.24) is 10.2 Å². The summed E-state index contributed by atoms with van der Waals surface area (Å²) < 4.78 is 10.4. The molecule has 1 amide bonds. The van der Waals surface area contributed by atoms with Gasteiger partial charge in [-0.1, -0.05) is 11.3 Å². The van der Waals surface area contributed by atoms with Crippen molar-refractivity contribution in [2.75, 3.05) is 30.1 Å². The van der Waals surface area contributed by atoms with Crippen LogP contribution in [0, 0.1) is 11.3 Å². The second kappa shape index (κ2) is 12.6. The Balaban J connectivity index is 0.00000122. The maximum absolute atomic E-state index is 12.7. The SMILES string of the molecule is CC#N.COc1c(N2CCCC2SC)cc(C(=O)Nc2nnc(/N=C(C)/C=C\N)s2)oc1=O. The fourth-order valence-electron chi connectivity index (χ4n) is 3.04. The van der Waals surface area contributed by atoms with Gasteiger partial charge in [-0.15, -0.1) is 22.0 Å². The van der Waals surface area contributed by atoms with Crippen molar-refractivity contribution in [3.8, 4) is 11.8 Å². The van der Waals surface area contributed by atoms with Crippen LogP contribution < -0.4 is 26.3 Å². The zero-order valence-electron chi connectivity index (χ0n) is 18.7. The number of ether oxygens (including phenoxy) is 1. The van der Waals surface area contributed by atoms with Crippen molar-refractivity contribution in [3.05, 3.63) is 34.5 Å². The number of thioether (sulfide) groups is 1. The largest absolute Gasteiger partial charge is 0.488 e. The molecule has 0 saturated carbocycles. The number of rotatable bonds is 7. The van der Waals surface area contributed by atoms with Crippen LogP contribution in [0.25, 0.3) is 0 Å². The van der Waals surface area contributed by atoms with Crippen LogP contribution in [0.15, 0.2) is 32.5 Å². The maximum Gasteiger partial charge on any atom is 0.381 e. The van der Waals surface area contributed by atoms with Gasteiger partial charge in [0, 0.05) is 25.2 Å². The topological polar surface area (TPSA) is 160 Å². The van der Waals surface area contributed by atoms with E-state index in [1.54, 1.807) is 30.8 Å². The van der Waals surface area contributed by atoms with E-state index in [9.17, 15) is 9.59 Å². The molecule has 3 heterocycles. The van der Waals surface area contributed by atoms with Gasteiger partial charge in [0.1, 0.15) is 0 Å². The van der Waals surface area contributed by atoms with E-state index in [1.165, 1.54) is 26.3 Å². The van der Waals surface area contributed by atoms with Crippen molar-refractivity contribution in [2.45, 2.75) is 32.1 Å². The lowest BCUT2D eigenvalue weighted by atomic mass is 10.3. The fourth-order valence-corrected chi connectivity index (χ4v) is 4.58. The third-order valence-electron chi connectivity index (χ3n) is 4.34. The van der Waals surface area contributed by atoms with E-state index < -0.39 is 11.5 Å². The van der Waals surface area contributed by atoms with Crippen molar-refractivity contribution in [3.63, 3.8) is 0 Å². The van der Waals surface area contributed by atoms with E-state index in [2.05, 4.69) is 25.4 Å². The number of amides is 1. The summed E-state index contributed by atoms with van der Waals surface area (Å²) in [6.07, 6.45) is 6.97. The Labute approximate surface area is 199 Å². The zero-order chi connectivity index (χ0) is 24.4. The molecular formula is C20H25N7O4S2. The van der Waals surface area contributed by atoms with Crippen LogP contribution in [0.3, 0.4) is 0 Å². The molecule has 0 radical (unpaired) electrons. The second-order valence-electron chi connectivity index (χ2n) is 6.52. The van der Waals surface area contributed by atoms with Crippen LogP contribution in [-0.2, 0) is 0 Å². The molecule has 176 valence electrons. The fraction of sp³-hybridized carbons (Fsp3) is 0.400. The normalized spacial score (nSPS) is 15.7. The van der Waals surface area contributed by atoms with Gasteiger partial charge in [-0.05, 0) is 38.3 Å². The predicted octanol–water partition coefficient (Wildman–Crippen LogP) is 3.14. The Bertz CT molecular complexity index is 1120. The molecule has 0 spiro atoms. The van der Waals surface area contributed by atoms with E-state index in [0.29, 0.717) is 16.5 Å². The first-order chi connectivity index (χ1) is 15.9. The van der Waals surface area contributed by atoms with Gasteiger partial charge < -0.3 is 19.8 Å². The zero-order valence-corrected chi connectivity index (χ0v) is 20.3. The van der Waals surface area contributed by atoms with Crippen LogP contribution in [0.1, 0.15) is 37.2 Å². The Kier molecular flexibility index (Phi) is 9.89. The summed E-state index contributed by atoms with van der Waals surface area (Å²) >= 11 is 2.76. The summed E-state index contributed by atoms with van der Waals surface area (Å²) in [5.41, 5.74) is 5.80. The van der Waals surface area contributed by atoms with Gasteiger partial charge in [-0.3, -0.25) is 10.1 Å². The number of nitrogens with one attached hydrogen (secondary N) is 1. The highest BCUT2D eigenvalue weighted by molar-refractivity contribution is 7.99. The molecule has 0 aliphatic carbocycles. The average Bonchev–Trinajstić information content (AvgIpc) is 3.43. The minimum atomic E-state index is -0.710. The smallest absolute Gasteiger partial charge is 0.381 e. The van der Waals surface area contributed by atoms with Gasteiger partial charge in [-0.25, -0.2) is 9.79 Å². The highest BCUT2D eigenvalue weighted by Gasteiger charge is 2.29. The minimum absolute atomic E-state index is 0.0865. The lowest BCUT2D eigenvalue weighted by Gasteiger charge is -2.26. The number of carbonyl (C=O) groups is 1. The lowest BCUT2D eigenvalue weighted by Crippen LogP contribution is -2.29. The number of allylic oxidation sites excluding steroid dienone is 1. The average molecular weight is 492 g/mol. The summed E-state index contributed by atoms with van der Waals surface area (Å²) in [7, 11) is 1.41. The van der Waals surface area contributed by atoms with Gasteiger partial charge in [0.25, 0.3) is 5.91 Å². The molecule has 2 aromatic rings. The molecule has 0 bridgehead atoms. The Morgan fingerprint density at radius 2 is 2.27 bits per heavy atom. The number of nitriles is 1. The number of hydrogen-bond donors (Lipinski definition) is 2. The molecule has 1 atom stereocenters. The minimum Gasteiger partial charge on any atom is -0.488 e. The highest BCUT2D eigenvalue weighted by Crippen LogP contribution is 2.36. The first-order valence-corrected chi connectivity index (χ1v) is 11.9. The third-order valence-corrected chi connectivity index (χ3v) is 6.11. The first kappa shape index (κ1) is 25.9. The van der Waals surface area contributed by atoms with Crippen molar-refractivity contribution < 1.29 is 13.9 Å². The van der Waals surface area contributed by atoms with E-state index in [0.717, 1.165) is 30.7 Å². The molecular weight excluding hydrogens is 466 g/mol. The summed E-state index contributed by atoms with van der Waals surface area (Å²) in [6.45, 7) is 3.96. The van der Waals surface area contributed by atoms with Crippen LogP contribution in [0.4, 0.5) is 16.0 Å². The molecule has 1 aliphatic rings. The van der Waals surface area contributed by atoms with Gasteiger partial charge in [0.2, 0.25) is 16.0 Å². The Morgan fingerprint density at radius 1 is 1.55 bits per heavy atom. The van der Waals surface area contributed by atoms with Crippen LogP contribution in [0.2, 0.25) is 0 Å². The second-order valence-corrected chi connectivity index (χ2v) is 8.49. The number of aromatic nitrogens is 2. The van der Waals surface area contributed by atoms with Gasteiger partial charge in [-0.2, -0.15) is 5.26 Å². The standard InChI is InChI=1S/C18H22N6O4S2.C2H3N/c1-10(6-7-19)20-17-22-23-18(30-17)21-15(25)12-9-11(14(27-2)16(26)28-12)24-8-4-5-13(24)29-3;1-2-3/h6-7,9,13H,4-5,8,19H2,1-3H3,(H,21,23,25);1H3/b7-6-,20-10+;. The maximum atomic E-state index is 12.7. The van der Waals surface area contributed by atoms with Crippen molar-refractivity contribution >= 4 is 50.7 Å². The molecule has 3 rings (SSSR count). The molecule has 1 unspecified atom stereocenters. The highest BCUT2D eigenvalue weighted by atomic mass is 32.2. The molecule has 1 fully saturated rings. The molecule has 0 aromatic carbocycles. The van der Waals surface area contributed by atoms with Crippen molar-refractivity contribution in [2.24, 2.45) is 10.7 Å². The molecule has 33 heavy (non-hydrogen) atoms. The first-order valence-electron chi connectivity index (χ1n) is 9.79. The van der Waals surface area contributed by atoms with E-state index >= 15 is 0 Å². The summed E-state index contributed by atoms with van der Waals surface area (Å²) in [4.78, 5) is 31.4. The van der Waals surface area contributed by atoms with Gasteiger partial charge in [0.05, 0.1) is 24.2 Å². The number of hydrogen-bond acceptors (Lipinski definition) is 12. The van der Waals surface area contributed by atoms with Crippen LogP contribution in [0.5, 0.6) is 5.75 Å². The van der Waals surface area contributed by atoms with E-state index in [4.69, 9.17) is 20.1 Å². The molecule has 3 N–H and O–H groups in total. The van der Waals surface area contributed by atoms with E-state index in [1.807, 2.05) is 6.26 Å². The van der Waals surface area contributed by atoms with Gasteiger partial charge >= 0.3 is 5.63 Å². The summed E-state index contributed by atoms with van der Waals surface area (Å²) in [5, 5.41) is 18.5. The summed E-state index contributed by atoms with van der Waals surface area (Å²) in [6, 6.07) is 3.28. The number of carbonyl (C=O) groups excluding carboxylic acids is 1. The monoisotopic (exact) mass is 491 g/mol. The lowest BCUT2D eigenvalue weighted by molar-refractivity contribution is 0.0991. The van der Waals surface area contributed by atoms with Crippen LogP contribution in [-0.4, -0.2) is 47.1 Å². The number of nitrogens with two attached hydrogens (primary N) is 1. The summed E-state index contributed by atoms with van der Waals surface area (Å²) in [5.74, 6) is -0.658.